The molecule has 0 radical (unpaired) electrons. The molecule has 15 heavy (non-hydrogen) atoms. The zero-order chi connectivity index (χ0) is 10.3. The molecule has 0 N–H and O–H groups in total. The second-order valence-electron chi connectivity index (χ2n) is 3.52. The first-order valence-corrected chi connectivity index (χ1v) is 5.29. The maximum Gasteiger partial charge on any atom is 0.198 e. The number of hydrogen-bond donors (Lipinski definition) is 0. The van der Waals surface area contributed by atoms with Crippen LogP contribution in [0.5, 0.6) is 5.75 Å². The van der Waals surface area contributed by atoms with Crippen molar-refractivity contribution in [3.8, 4) is 16.9 Å². The van der Waals surface area contributed by atoms with E-state index >= 15 is 0 Å². The van der Waals surface area contributed by atoms with Gasteiger partial charge in [0.05, 0.1) is 0 Å². The molecule has 0 aromatic heterocycles. The first kappa shape index (κ1) is 8.81. The lowest BCUT2D eigenvalue weighted by Crippen LogP contribution is -2.08. The van der Waals surface area contributed by atoms with E-state index in [9.17, 15) is 0 Å². The molecule has 0 saturated heterocycles. The molecule has 1 heterocycles. The number of alkyl halides is 1. The van der Waals surface area contributed by atoms with Crippen LogP contribution in [0.2, 0.25) is 0 Å². The summed E-state index contributed by atoms with van der Waals surface area (Å²) < 4.78 is 5.62. The quantitative estimate of drug-likeness (QED) is 0.606. The van der Waals surface area contributed by atoms with Crippen molar-refractivity contribution in [3.63, 3.8) is 0 Å². The van der Waals surface area contributed by atoms with E-state index in [1.807, 2.05) is 36.4 Å². The van der Waals surface area contributed by atoms with Gasteiger partial charge >= 0.3 is 0 Å². The molecule has 1 nitrogen and oxygen atoms in total. The highest BCUT2D eigenvalue weighted by atomic mass is 35.5. The molecule has 0 saturated carbocycles. The van der Waals surface area contributed by atoms with Gasteiger partial charge in [-0.2, -0.15) is 0 Å². The van der Waals surface area contributed by atoms with E-state index < -0.39 is 0 Å². The summed E-state index contributed by atoms with van der Waals surface area (Å²) in [4.78, 5) is 0. The molecule has 0 fully saturated rings. The van der Waals surface area contributed by atoms with Gasteiger partial charge in [0.15, 0.2) is 5.56 Å². The summed E-state index contributed by atoms with van der Waals surface area (Å²) in [6, 6.07) is 16.0. The molecular weight excluding hydrogens is 208 g/mol. The van der Waals surface area contributed by atoms with E-state index in [0.717, 1.165) is 16.9 Å². The van der Waals surface area contributed by atoms with Crippen LogP contribution in [0.3, 0.4) is 0 Å². The highest BCUT2D eigenvalue weighted by Crippen LogP contribution is 2.43. The van der Waals surface area contributed by atoms with Crippen molar-refractivity contribution in [2.45, 2.75) is 5.56 Å². The second kappa shape index (κ2) is 3.28. The first-order chi connectivity index (χ1) is 7.36. The summed E-state index contributed by atoms with van der Waals surface area (Å²) >= 11 is 6.15. The summed E-state index contributed by atoms with van der Waals surface area (Å²) in [7, 11) is 0. The Morgan fingerprint density at radius 1 is 0.867 bits per heavy atom. The normalized spacial score (nSPS) is 17.5. The fraction of sp³-hybridized carbons (Fsp3) is 0.0769. The molecule has 0 aliphatic carbocycles. The van der Waals surface area contributed by atoms with E-state index in [0.29, 0.717) is 0 Å². The fourth-order valence-corrected chi connectivity index (χ4v) is 2.19. The van der Waals surface area contributed by atoms with Gasteiger partial charge in [0.1, 0.15) is 5.75 Å². The maximum atomic E-state index is 6.15. The number of hydrogen-bond acceptors (Lipinski definition) is 1. The minimum Gasteiger partial charge on any atom is -0.470 e. The van der Waals surface area contributed by atoms with Crippen molar-refractivity contribution < 1.29 is 4.74 Å². The van der Waals surface area contributed by atoms with Gasteiger partial charge in [-0.3, -0.25) is 0 Å². The third-order valence-electron chi connectivity index (χ3n) is 2.61. The van der Waals surface area contributed by atoms with Gasteiger partial charge in [0.2, 0.25) is 0 Å². The third-order valence-corrected chi connectivity index (χ3v) is 2.94. The van der Waals surface area contributed by atoms with Gasteiger partial charge in [-0.15, -0.1) is 0 Å². The summed E-state index contributed by atoms with van der Waals surface area (Å²) in [5.74, 6) is 0.858. The van der Waals surface area contributed by atoms with Gasteiger partial charge in [-0.25, -0.2) is 0 Å². The molecule has 0 amide bonds. The summed E-state index contributed by atoms with van der Waals surface area (Å²) in [5.41, 5.74) is 2.94. The van der Waals surface area contributed by atoms with E-state index in [1.54, 1.807) is 0 Å². The Hall–Kier alpha value is -1.47. The Bertz CT molecular complexity index is 507. The van der Waals surface area contributed by atoms with Crippen LogP contribution in [0.15, 0.2) is 48.5 Å². The first-order valence-electron chi connectivity index (χ1n) is 4.85. The van der Waals surface area contributed by atoms with Crippen molar-refractivity contribution in [1.82, 2.24) is 0 Å². The van der Waals surface area contributed by atoms with Crippen molar-refractivity contribution in [3.05, 3.63) is 54.1 Å². The molecule has 74 valence electrons. The molecule has 2 heteroatoms. The number of rotatable bonds is 0. The lowest BCUT2D eigenvalue weighted by molar-refractivity contribution is 0.284. The van der Waals surface area contributed by atoms with Crippen molar-refractivity contribution in [1.29, 1.82) is 0 Å². The predicted octanol–water partition coefficient (Wildman–Crippen LogP) is 3.98. The number of halogens is 1. The molecule has 0 bridgehead atoms. The van der Waals surface area contributed by atoms with Crippen LogP contribution in [0.1, 0.15) is 11.1 Å². The Morgan fingerprint density at radius 3 is 2.40 bits per heavy atom. The van der Waals surface area contributed by atoms with Crippen molar-refractivity contribution in [2.75, 3.05) is 0 Å². The number of fused-ring (bicyclic) bond motifs is 3. The Kier molecular flexibility index (Phi) is 1.93. The second-order valence-corrected chi connectivity index (χ2v) is 3.91. The topological polar surface area (TPSA) is 9.23 Å². The van der Waals surface area contributed by atoms with E-state index in [-0.39, 0.29) is 5.56 Å². The molecule has 1 atom stereocenters. The zero-order valence-corrected chi connectivity index (χ0v) is 8.74. The SMILES string of the molecule is ClC1Oc2ccccc2-c2ccccc21. The minimum absolute atomic E-state index is 0.379. The fourth-order valence-electron chi connectivity index (χ4n) is 1.91. The highest BCUT2D eigenvalue weighted by Gasteiger charge is 2.22. The predicted molar refractivity (Wildman–Crippen MR) is 61.1 cm³/mol. The van der Waals surface area contributed by atoms with E-state index in [2.05, 4.69) is 12.1 Å². The number of para-hydroxylation sites is 1. The smallest absolute Gasteiger partial charge is 0.198 e. The lowest BCUT2D eigenvalue weighted by Gasteiger charge is -2.24. The monoisotopic (exact) mass is 216 g/mol. The molecule has 0 spiro atoms. The van der Waals surface area contributed by atoms with Crippen molar-refractivity contribution >= 4 is 11.6 Å². The molecule has 2 aromatic rings. The average Bonchev–Trinajstić information content (AvgIpc) is 2.30. The molecule has 1 unspecified atom stereocenters. The van der Waals surface area contributed by atoms with Gasteiger partial charge in [-0.1, -0.05) is 54.1 Å². The molecule has 1 aliphatic heterocycles. The van der Waals surface area contributed by atoms with Gasteiger partial charge < -0.3 is 4.74 Å². The maximum absolute atomic E-state index is 6.15. The van der Waals surface area contributed by atoms with Crippen LogP contribution < -0.4 is 4.74 Å². The van der Waals surface area contributed by atoms with Gasteiger partial charge in [0.25, 0.3) is 0 Å². The van der Waals surface area contributed by atoms with Crippen LogP contribution in [0.4, 0.5) is 0 Å². The van der Waals surface area contributed by atoms with Gasteiger partial charge in [0, 0.05) is 11.1 Å². The Labute approximate surface area is 93.3 Å². The molecule has 3 rings (SSSR count). The molecular formula is C13H9ClO. The standard InChI is InChI=1S/C13H9ClO/c14-13-11-7-2-1-5-9(11)10-6-3-4-8-12(10)15-13/h1-8,13H. The largest absolute Gasteiger partial charge is 0.470 e. The third kappa shape index (κ3) is 1.31. The zero-order valence-electron chi connectivity index (χ0n) is 7.98. The summed E-state index contributed by atoms with van der Waals surface area (Å²) in [5, 5.41) is 0. The molecule has 2 aromatic carbocycles. The van der Waals surface area contributed by atoms with E-state index in [4.69, 9.17) is 16.3 Å². The summed E-state index contributed by atoms with van der Waals surface area (Å²) in [6.07, 6.45) is 0. The Morgan fingerprint density at radius 2 is 1.53 bits per heavy atom. The summed E-state index contributed by atoms with van der Waals surface area (Å²) in [6.45, 7) is 0. The molecule has 1 aliphatic rings. The van der Waals surface area contributed by atoms with Gasteiger partial charge in [-0.05, 0) is 11.6 Å². The van der Waals surface area contributed by atoms with E-state index in [1.165, 1.54) is 5.56 Å². The average molecular weight is 217 g/mol. The number of ether oxygens (including phenoxy) is 1. The van der Waals surface area contributed by atoms with Crippen LogP contribution >= 0.6 is 11.6 Å². The van der Waals surface area contributed by atoms with Crippen molar-refractivity contribution in [2.24, 2.45) is 0 Å². The van der Waals surface area contributed by atoms with Crippen LogP contribution in [-0.2, 0) is 0 Å². The van der Waals surface area contributed by atoms with Crippen LogP contribution in [-0.4, -0.2) is 0 Å². The van der Waals surface area contributed by atoms with Crippen LogP contribution in [0, 0.1) is 0 Å². The minimum atomic E-state index is -0.379. The van der Waals surface area contributed by atoms with Crippen LogP contribution in [0.25, 0.3) is 11.1 Å². The number of benzene rings is 2. The lowest BCUT2D eigenvalue weighted by atomic mass is 9.97. The highest BCUT2D eigenvalue weighted by molar-refractivity contribution is 6.20. The Balaban J connectivity index is 2.30.